The molecule has 45 heavy (non-hydrogen) atoms. The first-order valence-electron chi connectivity index (χ1n) is 14.3. The zero-order chi connectivity index (χ0) is 32.1. The van der Waals surface area contributed by atoms with E-state index in [1.807, 2.05) is 30.3 Å². The van der Waals surface area contributed by atoms with Crippen molar-refractivity contribution in [1.29, 1.82) is 5.26 Å². The van der Waals surface area contributed by atoms with Crippen LogP contribution in [-0.2, 0) is 5.54 Å². The number of alkyl halides is 2. The molecule has 0 unspecified atom stereocenters. The molecule has 1 saturated carbocycles. The minimum absolute atomic E-state index is 0.0585. The van der Waals surface area contributed by atoms with Gasteiger partial charge in [0.2, 0.25) is 5.88 Å². The molecular formula is C32H30ClF2IN8O. The molecule has 1 aliphatic carbocycles. The van der Waals surface area contributed by atoms with Crippen molar-refractivity contribution in [3.05, 3.63) is 74.3 Å². The Morgan fingerprint density at radius 2 is 1.93 bits per heavy atom. The third-order valence-corrected chi connectivity index (χ3v) is 9.26. The maximum Gasteiger partial charge on any atom is 0.263 e. The van der Waals surface area contributed by atoms with E-state index in [-0.39, 0.29) is 5.41 Å². The highest BCUT2D eigenvalue weighted by Crippen LogP contribution is 2.49. The molecule has 0 aliphatic heterocycles. The number of anilines is 2. The lowest BCUT2D eigenvalue weighted by molar-refractivity contribution is 0.0578. The molecule has 2 aromatic carbocycles. The monoisotopic (exact) mass is 742 g/mol. The summed E-state index contributed by atoms with van der Waals surface area (Å²) < 4.78 is 35.7. The maximum absolute atomic E-state index is 14.2. The standard InChI is InChI=1S/C32H30ClF2IN8O/c1-31(2,3)16-40-24-17(14-37)15-39-25-22(24)12-18(13-23(25)33)41-26(20-6-5-7-21-19(20)8-11-38-29(21)45-4)27-28(36)44(43-42-27)32(9-10-32)30(34)35/h5-8,11-13,15,26,30,41H,9-10,16H2,1-4H3,(H,39,40)/t26-/m0/s1. The van der Waals surface area contributed by atoms with Gasteiger partial charge in [-0.3, -0.25) is 4.98 Å². The summed E-state index contributed by atoms with van der Waals surface area (Å²) in [5, 5.41) is 28.3. The Morgan fingerprint density at radius 3 is 2.60 bits per heavy atom. The summed E-state index contributed by atoms with van der Waals surface area (Å²) in [4.78, 5) is 8.83. The molecule has 6 rings (SSSR count). The highest BCUT2D eigenvalue weighted by molar-refractivity contribution is 14.1. The average molecular weight is 743 g/mol. The van der Waals surface area contributed by atoms with Gasteiger partial charge in [0, 0.05) is 35.4 Å². The van der Waals surface area contributed by atoms with E-state index in [9.17, 15) is 14.0 Å². The van der Waals surface area contributed by atoms with Crippen molar-refractivity contribution in [2.24, 2.45) is 5.41 Å². The number of hydrogen-bond acceptors (Lipinski definition) is 8. The Hall–Kier alpha value is -3.83. The van der Waals surface area contributed by atoms with Crippen molar-refractivity contribution in [1.82, 2.24) is 25.0 Å². The first-order valence-corrected chi connectivity index (χ1v) is 15.8. The summed E-state index contributed by atoms with van der Waals surface area (Å²) in [5.41, 5.74) is 2.07. The zero-order valence-corrected chi connectivity index (χ0v) is 27.9. The summed E-state index contributed by atoms with van der Waals surface area (Å²) in [6.45, 7) is 6.91. The van der Waals surface area contributed by atoms with Gasteiger partial charge in [-0.05, 0) is 76.1 Å². The van der Waals surface area contributed by atoms with Crippen LogP contribution in [0.15, 0.2) is 48.8 Å². The molecule has 1 aliphatic rings. The minimum atomic E-state index is -2.57. The normalized spacial score (nSPS) is 14.8. The molecule has 1 atom stereocenters. The van der Waals surface area contributed by atoms with E-state index in [0.29, 0.717) is 67.5 Å². The predicted molar refractivity (Wildman–Crippen MR) is 179 cm³/mol. The summed E-state index contributed by atoms with van der Waals surface area (Å²) >= 11 is 8.87. The van der Waals surface area contributed by atoms with Crippen LogP contribution in [0.1, 0.15) is 56.5 Å². The van der Waals surface area contributed by atoms with Gasteiger partial charge in [0.15, 0.2) is 0 Å². The van der Waals surface area contributed by atoms with Crippen molar-refractivity contribution in [3.8, 4) is 11.9 Å². The third kappa shape index (κ3) is 5.72. The van der Waals surface area contributed by atoms with Crippen LogP contribution >= 0.6 is 34.2 Å². The number of methoxy groups -OCH3 is 1. The van der Waals surface area contributed by atoms with Gasteiger partial charge in [0.1, 0.15) is 21.0 Å². The lowest BCUT2D eigenvalue weighted by atomic mass is 9.96. The van der Waals surface area contributed by atoms with E-state index in [2.05, 4.69) is 80.3 Å². The van der Waals surface area contributed by atoms with Crippen molar-refractivity contribution < 1.29 is 13.5 Å². The number of benzene rings is 2. The summed E-state index contributed by atoms with van der Waals surface area (Å²) in [5.74, 6) is 0.458. The van der Waals surface area contributed by atoms with Crippen LogP contribution in [-0.4, -0.2) is 45.0 Å². The van der Waals surface area contributed by atoms with E-state index in [0.717, 1.165) is 16.3 Å². The number of hydrogen-bond donors (Lipinski definition) is 2. The number of ether oxygens (including phenoxy) is 1. The van der Waals surface area contributed by atoms with E-state index < -0.39 is 18.0 Å². The molecule has 3 heterocycles. The molecular weight excluding hydrogens is 713 g/mol. The van der Waals surface area contributed by atoms with Crippen LogP contribution in [0.5, 0.6) is 5.88 Å². The molecule has 9 nitrogen and oxygen atoms in total. The number of nitrogens with zero attached hydrogens (tertiary/aromatic N) is 6. The van der Waals surface area contributed by atoms with Gasteiger partial charge in [-0.2, -0.15) is 5.26 Å². The molecule has 0 saturated heterocycles. The third-order valence-electron chi connectivity index (χ3n) is 7.96. The van der Waals surface area contributed by atoms with Gasteiger partial charge in [0.05, 0.1) is 34.9 Å². The second-order valence-electron chi connectivity index (χ2n) is 12.3. The number of nitrogens with one attached hydrogen (secondary N) is 2. The van der Waals surface area contributed by atoms with E-state index >= 15 is 0 Å². The lowest BCUT2D eigenvalue weighted by Crippen LogP contribution is -2.28. The number of aromatic nitrogens is 5. The fourth-order valence-corrected chi connectivity index (χ4v) is 6.71. The number of fused-ring (bicyclic) bond motifs is 2. The summed E-state index contributed by atoms with van der Waals surface area (Å²) in [6, 6.07) is 12.9. The number of pyridine rings is 2. The molecule has 13 heteroatoms. The lowest BCUT2D eigenvalue weighted by Gasteiger charge is -2.23. The topological polar surface area (TPSA) is 114 Å². The molecule has 0 bridgehead atoms. The van der Waals surface area contributed by atoms with Crippen molar-refractivity contribution in [2.45, 2.75) is 51.6 Å². The van der Waals surface area contributed by atoms with Gasteiger partial charge in [0.25, 0.3) is 6.43 Å². The van der Waals surface area contributed by atoms with Gasteiger partial charge < -0.3 is 15.4 Å². The highest BCUT2D eigenvalue weighted by atomic mass is 127. The molecule has 2 N–H and O–H groups in total. The maximum atomic E-state index is 14.2. The van der Waals surface area contributed by atoms with Gasteiger partial charge in [-0.25, -0.2) is 18.4 Å². The number of nitriles is 1. The van der Waals surface area contributed by atoms with Crippen LogP contribution in [0.3, 0.4) is 0 Å². The van der Waals surface area contributed by atoms with Gasteiger partial charge >= 0.3 is 0 Å². The molecule has 0 amide bonds. The summed E-state index contributed by atoms with van der Waals surface area (Å²) in [6.07, 6.45) is 1.27. The number of rotatable bonds is 9. The van der Waals surface area contributed by atoms with Crippen molar-refractivity contribution >= 4 is 67.2 Å². The van der Waals surface area contributed by atoms with Gasteiger partial charge in [-0.15, -0.1) is 5.10 Å². The Labute approximate surface area is 277 Å². The quantitative estimate of drug-likeness (QED) is 0.147. The SMILES string of the molecule is COc1nccc2c([C@H](Nc3cc(Cl)c4ncc(C#N)c(NCC(C)(C)C)c4c3)c3nnn(C4(C(F)F)CC4)c3I)cccc12. The van der Waals surface area contributed by atoms with Gasteiger partial charge in [-0.1, -0.05) is 49.7 Å². The van der Waals surface area contributed by atoms with E-state index in [1.54, 1.807) is 19.4 Å². The smallest absolute Gasteiger partial charge is 0.263 e. The summed E-state index contributed by atoms with van der Waals surface area (Å²) in [7, 11) is 1.56. The number of halogens is 4. The zero-order valence-electron chi connectivity index (χ0n) is 25.0. The Bertz CT molecular complexity index is 1970. The molecule has 3 aromatic heterocycles. The first kappa shape index (κ1) is 31.2. The second kappa shape index (κ2) is 11.8. The largest absolute Gasteiger partial charge is 0.481 e. The predicted octanol–water partition coefficient (Wildman–Crippen LogP) is 7.93. The average Bonchev–Trinajstić information content (AvgIpc) is 3.73. The van der Waals surface area contributed by atoms with Crippen LogP contribution in [0.4, 0.5) is 20.2 Å². The van der Waals surface area contributed by atoms with Crippen LogP contribution in [0, 0.1) is 20.4 Å². The molecule has 232 valence electrons. The Balaban J connectivity index is 1.53. The van der Waals surface area contributed by atoms with Crippen molar-refractivity contribution in [2.75, 3.05) is 24.3 Å². The molecule has 1 fully saturated rings. The van der Waals surface area contributed by atoms with E-state index in [1.165, 1.54) is 10.9 Å². The second-order valence-corrected chi connectivity index (χ2v) is 13.8. The highest BCUT2D eigenvalue weighted by Gasteiger charge is 2.55. The van der Waals surface area contributed by atoms with Crippen LogP contribution in [0.2, 0.25) is 5.02 Å². The Kier molecular flexibility index (Phi) is 8.19. The minimum Gasteiger partial charge on any atom is -0.481 e. The van der Waals surface area contributed by atoms with Crippen LogP contribution < -0.4 is 15.4 Å². The van der Waals surface area contributed by atoms with E-state index in [4.69, 9.17) is 16.3 Å². The molecule has 0 radical (unpaired) electrons. The van der Waals surface area contributed by atoms with Crippen molar-refractivity contribution in [3.63, 3.8) is 0 Å². The Morgan fingerprint density at radius 1 is 1.16 bits per heavy atom. The first-order chi connectivity index (χ1) is 21.5. The molecule has 5 aromatic rings. The fraction of sp³-hybridized carbons (Fsp3) is 0.344. The fourth-order valence-electron chi connectivity index (χ4n) is 5.44. The molecule has 0 spiro atoms. The van der Waals surface area contributed by atoms with Crippen LogP contribution in [0.25, 0.3) is 21.7 Å².